The first kappa shape index (κ1) is 18.6. The van der Waals surface area contributed by atoms with Crippen LogP contribution in [0.2, 0.25) is 0 Å². The third-order valence-electron chi connectivity index (χ3n) is 4.18. The van der Waals surface area contributed by atoms with Gasteiger partial charge in [0.05, 0.1) is 6.04 Å². The second kappa shape index (κ2) is 8.45. The Bertz CT molecular complexity index is 929. The molecule has 5 heteroatoms. The number of rotatable bonds is 6. The van der Waals surface area contributed by atoms with Crippen molar-refractivity contribution >= 4 is 5.91 Å². The number of hydrogen-bond acceptors (Lipinski definition) is 2. The molecule has 1 atom stereocenters. The maximum atomic E-state index is 13.9. The highest BCUT2D eigenvalue weighted by atomic mass is 19.1. The maximum Gasteiger partial charge on any atom is 0.252 e. The molecule has 0 bridgehead atoms. The van der Waals surface area contributed by atoms with Gasteiger partial charge in [-0.1, -0.05) is 42.5 Å². The molecule has 1 N–H and O–H groups in total. The Kier molecular flexibility index (Phi) is 5.81. The molecule has 0 aliphatic carbocycles. The first-order valence-corrected chi connectivity index (χ1v) is 8.56. The van der Waals surface area contributed by atoms with Crippen LogP contribution in [0.4, 0.5) is 8.78 Å². The molecule has 0 aliphatic rings. The van der Waals surface area contributed by atoms with Gasteiger partial charge in [-0.15, -0.1) is 0 Å². The molecule has 27 heavy (non-hydrogen) atoms. The Hall–Kier alpha value is -3.21. The number of nitrogens with one attached hydrogen (secondary N) is 1. The molecule has 0 heterocycles. The summed E-state index contributed by atoms with van der Waals surface area (Å²) in [6, 6.07) is 19.1. The molecule has 0 saturated carbocycles. The minimum atomic E-state index is -0.691. The van der Waals surface area contributed by atoms with E-state index >= 15 is 0 Å². The molecule has 3 rings (SSSR count). The van der Waals surface area contributed by atoms with E-state index in [1.165, 1.54) is 12.1 Å². The lowest BCUT2D eigenvalue weighted by atomic mass is 10.0. The van der Waals surface area contributed by atoms with Crippen LogP contribution in [0.25, 0.3) is 0 Å². The van der Waals surface area contributed by atoms with Gasteiger partial charge >= 0.3 is 0 Å². The predicted molar refractivity (Wildman–Crippen MR) is 99.5 cm³/mol. The van der Waals surface area contributed by atoms with Crippen LogP contribution in [0.1, 0.15) is 34.5 Å². The fraction of sp³-hybridized carbons (Fsp3) is 0.136. The average molecular weight is 367 g/mol. The van der Waals surface area contributed by atoms with E-state index in [9.17, 15) is 13.6 Å². The third-order valence-corrected chi connectivity index (χ3v) is 4.18. The van der Waals surface area contributed by atoms with Crippen LogP contribution in [0.5, 0.6) is 5.75 Å². The maximum absolute atomic E-state index is 13.9. The Morgan fingerprint density at radius 3 is 2.44 bits per heavy atom. The third kappa shape index (κ3) is 4.70. The lowest BCUT2D eigenvalue weighted by Crippen LogP contribution is -2.28. The zero-order valence-corrected chi connectivity index (χ0v) is 14.8. The predicted octanol–water partition coefficient (Wildman–Crippen LogP) is 5.03. The number of ether oxygens (including phenoxy) is 1. The van der Waals surface area contributed by atoms with Crippen molar-refractivity contribution in [3.05, 3.63) is 101 Å². The second-order valence-electron chi connectivity index (χ2n) is 6.12. The van der Waals surface area contributed by atoms with E-state index in [2.05, 4.69) is 5.32 Å². The standard InChI is InChI=1S/C22H19F2NO2/c1-15(19-12-11-17(23)13-21(19)24)25-22(26)20-10-6-5-7-16(20)14-27-18-8-3-2-4-9-18/h2-13,15H,14H2,1H3,(H,25,26)/t15-/m0/s1. The number of hydrogen-bond donors (Lipinski definition) is 1. The zero-order valence-electron chi connectivity index (χ0n) is 14.8. The summed E-state index contributed by atoms with van der Waals surface area (Å²) >= 11 is 0. The van der Waals surface area contributed by atoms with E-state index in [1.54, 1.807) is 25.1 Å². The van der Waals surface area contributed by atoms with Crippen LogP contribution >= 0.6 is 0 Å². The fourth-order valence-corrected chi connectivity index (χ4v) is 2.75. The van der Waals surface area contributed by atoms with Crippen LogP contribution in [0, 0.1) is 11.6 Å². The van der Waals surface area contributed by atoms with Gasteiger partial charge in [-0.05, 0) is 31.2 Å². The summed E-state index contributed by atoms with van der Waals surface area (Å²) in [4.78, 5) is 12.7. The molecule has 0 saturated heterocycles. The Morgan fingerprint density at radius 1 is 1.00 bits per heavy atom. The van der Waals surface area contributed by atoms with Gasteiger partial charge in [-0.2, -0.15) is 0 Å². The number of carbonyl (C=O) groups excluding carboxylic acids is 1. The van der Waals surface area contributed by atoms with Gasteiger partial charge < -0.3 is 10.1 Å². The number of para-hydroxylation sites is 1. The topological polar surface area (TPSA) is 38.3 Å². The van der Waals surface area contributed by atoms with Gasteiger partial charge in [0.25, 0.3) is 5.91 Å². The number of carbonyl (C=O) groups is 1. The average Bonchev–Trinajstić information content (AvgIpc) is 2.67. The smallest absolute Gasteiger partial charge is 0.252 e. The SMILES string of the molecule is C[C@H](NC(=O)c1ccccc1COc1ccccc1)c1ccc(F)cc1F. The molecule has 0 unspecified atom stereocenters. The highest BCUT2D eigenvalue weighted by molar-refractivity contribution is 5.95. The lowest BCUT2D eigenvalue weighted by molar-refractivity contribution is 0.0937. The Balaban J connectivity index is 1.73. The minimum Gasteiger partial charge on any atom is -0.489 e. The lowest BCUT2D eigenvalue weighted by Gasteiger charge is -2.17. The number of halogens is 2. The highest BCUT2D eigenvalue weighted by Crippen LogP contribution is 2.20. The van der Waals surface area contributed by atoms with Gasteiger partial charge in [0.2, 0.25) is 0 Å². The molecular formula is C22H19F2NO2. The van der Waals surface area contributed by atoms with Crippen LogP contribution in [-0.2, 0) is 6.61 Å². The van der Waals surface area contributed by atoms with Gasteiger partial charge in [-0.25, -0.2) is 8.78 Å². The van der Waals surface area contributed by atoms with E-state index < -0.39 is 17.7 Å². The normalized spacial score (nSPS) is 11.7. The second-order valence-corrected chi connectivity index (χ2v) is 6.12. The summed E-state index contributed by atoms with van der Waals surface area (Å²) in [5.74, 6) is -0.991. The molecule has 3 aromatic carbocycles. The molecule has 0 aromatic heterocycles. The van der Waals surface area contributed by atoms with Crippen molar-refractivity contribution in [2.75, 3.05) is 0 Å². The summed E-state index contributed by atoms with van der Waals surface area (Å²) in [7, 11) is 0. The summed E-state index contributed by atoms with van der Waals surface area (Å²) in [6.45, 7) is 1.88. The van der Waals surface area contributed by atoms with E-state index in [4.69, 9.17) is 4.74 Å². The van der Waals surface area contributed by atoms with Gasteiger partial charge in [-0.3, -0.25) is 4.79 Å². The van der Waals surface area contributed by atoms with Crippen molar-refractivity contribution in [3.63, 3.8) is 0 Å². The quantitative estimate of drug-likeness (QED) is 0.663. The molecule has 3 nitrogen and oxygen atoms in total. The molecule has 1 amide bonds. The van der Waals surface area contributed by atoms with Crippen molar-refractivity contribution in [2.24, 2.45) is 0 Å². The van der Waals surface area contributed by atoms with Crippen molar-refractivity contribution in [3.8, 4) is 5.75 Å². The monoisotopic (exact) mass is 367 g/mol. The van der Waals surface area contributed by atoms with E-state index in [-0.39, 0.29) is 18.1 Å². The Labute approximate surface area is 156 Å². The molecule has 138 valence electrons. The summed E-state index contributed by atoms with van der Waals surface area (Å²) < 4.78 is 32.7. The van der Waals surface area contributed by atoms with Crippen molar-refractivity contribution in [2.45, 2.75) is 19.6 Å². The van der Waals surface area contributed by atoms with E-state index in [0.29, 0.717) is 16.9 Å². The first-order chi connectivity index (χ1) is 13.0. The zero-order chi connectivity index (χ0) is 19.2. The van der Waals surface area contributed by atoms with Crippen LogP contribution in [0.3, 0.4) is 0 Å². The Morgan fingerprint density at radius 2 is 1.70 bits per heavy atom. The van der Waals surface area contributed by atoms with Crippen molar-refractivity contribution < 1.29 is 18.3 Å². The minimum absolute atomic E-state index is 0.225. The number of benzene rings is 3. The number of amides is 1. The van der Waals surface area contributed by atoms with E-state index in [1.807, 2.05) is 36.4 Å². The molecule has 0 radical (unpaired) electrons. The van der Waals surface area contributed by atoms with E-state index in [0.717, 1.165) is 6.07 Å². The molecular weight excluding hydrogens is 348 g/mol. The molecule has 0 spiro atoms. The van der Waals surface area contributed by atoms with Gasteiger partial charge in [0, 0.05) is 22.8 Å². The first-order valence-electron chi connectivity index (χ1n) is 8.56. The summed E-state index contributed by atoms with van der Waals surface area (Å²) in [5.41, 5.74) is 1.39. The fourth-order valence-electron chi connectivity index (χ4n) is 2.75. The largest absolute Gasteiger partial charge is 0.489 e. The highest BCUT2D eigenvalue weighted by Gasteiger charge is 2.17. The van der Waals surface area contributed by atoms with Crippen molar-refractivity contribution in [1.29, 1.82) is 0 Å². The summed E-state index contributed by atoms with van der Waals surface area (Å²) in [6.07, 6.45) is 0. The summed E-state index contributed by atoms with van der Waals surface area (Å²) in [5, 5.41) is 2.75. The molecule has 0 fully saturated rings. The van der Waals surface area contributed by atoms with Crippen LogP contribution in [-0.4, -0.2) is 5.91 Å². The van der Waals surface area contributed by atoms with Crippen LogP contribution in [0.15, 0.2) is 72.8 Å². The molecule has 3 aromatic rings. The van der Waals surface area contributed by atoms with Gasteiger partial charge in [0.15, 0.2) is 0 Å². The molecule has 0 aliphatic heterocycles. The van der Waals surface area contributed by atoms with Gasteiger partial charge in [0.1, 0.15) is 24.0 Å². The van der Waals surface area contributed by atoms with Crippen molar-refractivity contribution in [1.82, 2.24) is 5.32 Å². The van der Waals surface area contributed by atoms with Crippen LogP contribution < -0.4 is 10.1 Å².